The molecule has 4 N–H and O–H groups in total. The van der Waals surface area contributed by atoms with E-state index < -0.39 is 26.6 Å². The van der Waals surface area contributed by atoms with E-state index in [1.165, 1.54) is 23.0 Å². The summed E-state index contributed by atoms with van der Waals surface area (Å²) >= 11 is 1.19. The van der Waals surface area contributed by atoms with E-state index in [9.17, 15) is 13.2 Å². The number of nitrogens with one attached hydrogen (secondary N) is 1. The van der Waals surface area contributed by atoms with Gasteiger partial charge in [-0.25, -0.2) is 13.4 Å². The predicted octanol–water partition coefficient (Wildman–Crippen LogP) is 0.463. The molecule has 0 fully saturated rings. The molecule has 0 spiro atoms. The summed E-state index contributed by atoms with van der Waals surface area (Å²) in [4.78, 5) is 14.7. The van der Waals surface area contributed by atoms with Crippen LogP contribution in [0, 0.1) is 0 Å². The van der Waals surface area contributed by atoms with Gasteiger partial charge in [-0.1, -0.05) is 0 Å². The van der Waals surface area contributed by atoms with Crippen molar-refractivity contribution in [2.75, 3.05) is 18.1 Å². The second kappa shape index (κ2) is 5.43. The monoisotopic (exact) mass is 307 g/mol. The average Bonchev–Trinajstić information content (AvgIpc) is 2.72. The number of anilines is 1. The fourth-order valence-corrected chi connectivity index (χ4v) is 2.14. The first-order chi connectivity index (χ1) is 8.54. The van der Waals surface area contributed by atoms with E-state index in [2.05, 4.69) is 10.3 Å². The summed E-state index contributed by atoms with van der Waals surface area (Å²) in [6, 6.07) is -1.17. The Hall–Kier alpha value is -1.19. The zero-order chi connectivity index (χ0) is 14.8. The van der Waals surface area contributed by atoms with Crippen LogP contribution in [0.25, 0.3) is 0 Å². The molecule has 108 valence electrons. The lowest BCUT2D eigenvalue weighted by atomic mass is 10.2. The van der Waals surface area contributed by atoms with Gasteiger partial charge in [-0.3, -0.25) is 4.79 Å². The summed E-state index contributed by atoms with van der Waals surface area (Å²) in [5.41, 5.74) is 5.67. The van der Waals surface area contributed by atoms with Gasteiger partial charge in [0.2, 0.25) is 0 Å². The highest BCUT2D eigenvalue weighted by molar-refractivity contribution is 7.92. The van der Waals surface area contributed by atoms with Crippen LogP contribution < -0.4 is 11.1 Å². The number of nitrogens with zero attached hydrogens (tertiary/aromatic N) is 1. The van der Waals surface area contributed by atoms with Crippen molar-refractivity contribution >= 4 is 32.3 Å². The average molecular weight is 307 g/mol. The van der Waals surface area contributed by atoms with E-state index in [1.807, 2.05) is 0 Å². The molecule has 7 nitrogen and oxygen atoms in total. The summed E-state index contributed by atoms with van der Waals surface area (Å²) in [6.45, 7) is 3.39. The molecular weight excluding hydrogens is 290 g/mol. The lowest BCUT2D eigenvalue weighted by Crippen LogP contribution is -2.38. The number of sulfone groups is 1. The number of hydrogen-bond donors (Lipinski definition) is 3. The Kier molecular flexibility index (Phi) is 4.54. The van der Waals surface area contributed by atoms with Gasteiger partial charge < -0.3 is 16.2 Å². The quantitative estimate of drug-likeness (QED) is 0.697. The van der Waals surface area contributed by atoms with Crippen molar-refractivity contribution in [3.63, 3.8) is 0 Å². The number of carboxylic acids is 1. The Morgan fingerprint density at radius 3 is 2.68 bits per heavy atom. The lowest BCUT2D eigenvalue weighted by Gasteiger charge is -2.22. The summed E-state index contributed by atoms with van der Waals surface area (Å²) < 4.78 is 22.1. The number of rotatable bonds is 6. The minimum absolute atomic E-state index is 0.182. The van der Waals surface area contributed by atoms with Crippen LogP contribution in [0.2, 0.25) is 0 Å². The van der Waals surface area contributed by atoms with Gasteiger partial charge in [0.25, 0.3) is 0 Å². The van der Waals surface area contributed by atoms with E-state index in [0.29, 0.717) is 5.13 Å². The molecule has 0 saturated carbocycles. The Morgan fingerprint density at radius 1 is 1.63 bits per heavy atom. The molecule has 1 heterocycles. The van der Waals surface area contributed by atoms with Crippen LogP contribution in [0.5, 0.6) is 0 Å². The second-order valence-electron chi connectivity index (χ2n) is 4.78. The highest BCUT2D eigenvalue weighted by Gasteiger charge is 2.30. The number of aliphatic carboxylic acids is 1. The molecule has 1 aromatic rings. The minimum Gasteiger partial charge on any atom is -0.480 e. The van der Waals surface area contributed by atoms with Crippen molar-refractivity contribution < 1.29 is 18.3 Å². The summed E-state index contributed by atoms with van der Waals surface area (Å²) in [7, 11) is -3.20. The molecule has 1 atom stereocenters. The standard InChI is InChI=1S/C10H17N3O4S2/c1-10(2,19(3,16)17)5-12-9-13-6(4-18-9)7(11)8(14)15/h4,7H,5,11H2,1-3H3,(H,12,13)(H,14,15). The SMILES string of the molecule is CC(C)(CNc1nc(C(N)C(=O)O)cs1)S(C)(=O)=O. The molecule has 0 radical (unpaired) electrons. The van der Waals surface area contributed by atoms with Crippen LogP contribution in [0.1, 0.15) is 25.6 Å². The Bertz CT molecular complexity index is 565. The highest BCUT2D eigenvalue weighted by atomic mass is 32.2. The highest BCUT2D eigenvalue weighted by Crippen LogP contribution is 2.22. The summed E-state index contributed by atoms with van der Waals surface area (Å²) in [6.07, 6.45) is 1.17. The third-order valence-electron chi connectivity index (χ3n) is 2.78. The maximum atomic E-state index is 11.5. The van der Waals surface area contributed by atoms with E-state index in [-0.39, 0.29) is 12.2 Å². The van der Waals surface area contributed by atoms with Crippen molar-refractivity contribution in [1.29, 1.82) is 0 Å². The minimum atomic E-state index is -3.20. The molecule has 1 aromatic heterocycles. The molecule has 1 unspecified atom stereocenters. The van der Waals surface area contributed by atoms with Crippen LogP contribution in [0.3, 0.4) is 0 Å². The number of aromatic nitrogens is 1. The maximum Gasteiger partial charge on any atom is 0.326 e. The van der Waals surface area contributed by atoms with Crippen LogP contribution in [-0.2, 0) is 14.6 Å². The molecule has 0 saturated heterocycles. The Labute approximate surface area is 115 Å². The first-order valence-corrected chi connectivity index (χ1v) is 8.19. The van der Waals surface area contributed by atoms with E-state index >= 15 is 0 Å². The zero-order valence-electron chi connectivity index (χ0n) is 10.9. The molecule has 9 heteroatoms. The molecule has 0 amide bonds. The van der Waals surface area contributed by atoms with E-state index in [0.717, 1.165) is 0 Å². The van der Waals surface area contributed by atoms with Crippen LogP contribution in [-0.4, -0.2) is 42.0 Å². The van der Waals surface area contributed by atoms with Gasteiger partial charge in [-0.2, -0.15) is 0 Å². The fourth-order valence-electron chi connectivity index (χ4n) is 1.06. The fraction of sp³-hybridized carbons (Fsp3) is 0.600. The van der Waals surface area contributed by atoms with Gasteiger partial charge in [0.15, 0.2) is 15.0 Å². The Balaban J connectivity index is 2.73. The van der Waals surface area contributed by atoms with Crippen LogP contribution in [0.15, 0.2) is 5.38 Å². The van der Waals surface area contributed by atoms with E-state index in [4.69, 9.17) is 10.8 Å². The molecule has 0 aliphatic rings. The normalized spacial score (nSPS) is 14.1. The third-order valence-corrected chi connectivity index (χ3v) is 5.75. The largest absolute Gasteiger partial charge is 0.480 e. The van der Waals surface area contributed by atoms with Crippen molar-refractivity contribution in [2.45, 2.75) is 24.6 Å². The molecule has 0 aliphatic carbocycles. The van der Waals surface area contributed by atoms with Gasteiger partial charge in [0, 0.05) is 18.2 Å². The first-order valence-electron chi connectivity index (χ1n) is 5.42. The predicted molar refractivity (Wildman–Crippen MR) is 74.1 cm³/mol. The molecule has 19 heavy (non-hydrogen) atoms. The summed E-state index contributed by atoms with van der Waals surface area (Å²) in [5.74, 6) is -1.16. The van der Waals surface area contributed by atoms with Gasteiger partial charge in [0.05, 0.1) is 10.4 Å². The third kappa shape index (κ3) is 3.88. The molecule has 0 bridgehead atoms. The van der Waals surface area contributed by atoms with Crippen molar-refractivity contribution in [3.8, 4) is 0 Å². The number of nitrogens with two attached hydrogens (primary N) is 1. The van der Waals surface area contributed by atoms with Crippen LogP contribution in [0.4, 0.5) is 5.13 Å². The van der Waals surface area contributed by atoms with Gasteiger partial charge in [-0.05, 0) is 13.8 Å². The van der Waals surface area contributed by atoms with Crippen molar-refractivity contribution in [1.82, 2.24) is 4.98 Å². The summed E-state index contributed by atoms with van der Waals surface area (Å²) in [5, 5.41) is 13.6. The second-order valence-corrected chi connectivity index (χ2v) is 8.29. The van der Waals surface area contributed by atoms with Gasteiger partial charge >= 0.3 is 5.97 Å². The van der Waals surface area contributed by atoms with Crippen molar-refractivity contribution in [3.05, 3.63) is 11.1 Å². The molecule has 1 rings (SSSR count). The topological polar surface area (TPSA) is 122 Å². The number of hydrogen-bond acceptors (Lipinski definition) is 7. The molecule has 0 aliphatic heterocycles. The van der Waals surface area contributed by atoms with E-state index in [1.54, 1.807) is 13.8 Å². The lowest BCUT2D eigenvalue weighted by molar-refractivity contribution is -0.138. The smallest absolute Gasteiger partial charge is 0.326 e. The zero-order valence-corrected chi connectivity index (χ0v) is 12.5. The van der Waals surface area contributed by atoms with Gasteiger partial charge in [0.1, 0.15) is 6.04 Å². The van der Waals surface area contributed by atoms with Gasteiger partial charge in [-0.15, -0.1) is 11.3 Å². The maximum absolute atomic E-state index is 11.5. The molecule has 0 aromatic carbocycles. The number of carbonyl (C=O) groups is 1. The van der Waals surface area contributed by atoms with Crippen molar-refractivity contribution in [2.24, 2.45) is 5.73 Å². The number of carboxylic acid groups (broad SMARTS) is 1. The molecular formula is C10H17N3O4S2. The first kappa shape index (κ1) is 15.9. The Morgan fingerprint density at radius 2 is 2.21 bits per heavy atom. The number of thiazole rings is 1. The van der Waals surface area contributed by atoms with Crippen LogP contribution >= 0.6 is 11.3 Å².